The Morgan fingerprint density at radius 1 is 1.71 bits per heavy atom. The van der Waals surface area contributed by atoms with Gasteiger partial charge in [0.25, 0.3) is 0 Å². The highest BCUT2D eigenvalue weighted by Crippen LogP contribution is 2.21. The van der Waals surface area contributed by atoms with Crippen LogP contribution in [0, 0.1) is 0 Å². The SMILES string of the molecule is CNc1cc(O[C@@H]2CO[C@@H](C(=O)O)C2)ccn1. The normalized spacial score (nSPS) is 23.4. The molecule has 1 aliphatic rings. The minimum absolute atomic E-state index is 0.219. The van der Waals surface area contributed by atoms with Gasteiger partial charge in [-0.3, -0.25) is 0 Å². The van der Waals surface area contributed by atoms with Crippen molar-refractivity contribution in [3.05, 3.63) is 18.3 Å². The Labute approximate surface area is 98.6 Å². The van der Waals surface area contributed by atoms with Crippen LogP contribution in [0.1, 0.15) is 6.42 Å². The standard InChI is InChI=1S/C11H14N2O4/c1-12-10-5-7(2-3-13-10)17-8-4-9(11(14)15)16-6-8/h2-3,5,8-9H,4,6H2,1H3,(H,12,13)(H,14,15)/t8-,9+/m0/s1. The van der Waals surface area contributed by atoms with Gasteiger partial charge in [-0.05, 0) is 6.07 Å². The van der Waals surface area contributed by atoms with Crippen molar-refractivity contribution in [2.24, 2.45) is 0 Å². The molecule has 0 unspecified atom stereocenters. The molecule has 2 heterocycles. The van der Waals surface area contributed by atoms with Crippen molar-refractivity contribution in [2.45, 2.75) is 18.6 Å². The number of carbonyl (C=O) groups is 1. The predicted octanol–water partition coefficient (Wildman–Crippen LogP) is 0.744. The number of hydrogen-bond acceptors (Lipinski definition) is 5. The van der Waals surface area contributed by atoms with Crippen LogP contribution in [-0.4, -0.2) is 41.9 Å². The number of pyridine rings is 1. The van der Waals surface area contributed by atoms with Crippen LogP contribution in [0.5, 0.6) is 5.75 Å². The van der Waals surface area contributed by atoms with E-state index < -0.39 is 12.1 Å². The first-order chi connectivity index (χ1) is 8.19. The summed E-state index contributed by atoms with van der Waals surface area (Å²) >= 11 is 0. The van der Waals surface area contributed by atoms with E-state index in [2.05, 4.69) is 10.3 Å². The predicted molar refractivity (Wildman–Crippen MR) is 60.2 cm³/mol. The number of anilines is 1. The smallest absolute Gasteiger partial charge is 0.332 e. The highest BCUT2D eigenvalue weighted by molar-refractivity contribution is 5.72. The molecular weight excluding hydrogens is 224 g/mol. The van der Waals surface area contributed by atoms with Gasteiger partial charge >= 0.3 is 5.97 Å². The zero-order valence-electron chi connectivity index (χ0n) is 9.42. The van der Waals surface area contributed by atoms with Gasteiger partial charge in [0.2, 0.25) is 0 Å². The average molecular weight is 238 g/mol. The molecule has 0 aliphatic carbocycles. The summed E-state index contributed by atoms with van der Waals surface area (Å²) < 4.78 is 10.7. The zero-order chi connectivity index (χ0) is 12.3. The van der Waals surface area contributed by atoms with E-state index in [1.54, 1.807) is 25.4 Å². The number of carboxylic acid groups (broad SMARTS) is 1. The lowest BCUT2D eigenvalue weighted by molar-refractivity contribution is -0.147. The van der Waals surface area contributed by atoms with E-state index in [1.165, 1.54) is 0 Å². The van der Waals surface area contributed by atoms with E-state index in [9.17, 15) is 4.79 Å². The molecule has 2 N–H and O–H groups in total. The first-order valence-corrected chi connectivity index (χ1v) is 5.34. The summed E-state index contributed by atoms with van der Waals surface area (Å²) in [7, 11) is 1.77. The maximum Gasteiger partial charge on any atom is 0.332 e. The Hall–Kier alpha value is -1.82. The molecule has 1 saturated heterocycles. The molecule has 0 amide bonds. The van der Waals surface area contributed by atoms with Crippen molar-refractivity contribution in [3.63, 3.8) is 0 Å². The number of ether oxygens (including phenoxy) is 2. The van der Waals surface area contributed by atoms with E-state index in [-0.39, 0.29) is 6.10 Å². The minimum Gasteiger partial charge on any atom is -0.488 e. The second-order valence-electron chi connectivity index (χ2n) is 3.76. The molecule has 1 aliphatic heterocycles. The molecule has 92 valence electrons. The van der Waals surface area contributed by atoms with E-state index >= 15 is 0 Å². The van der Waals surface area contributed by atoms with Gasteiger partial charge in [0.1, 0.15) is 17.7 Å². The molecular formula is C11H14N2O4. The van der Waals surface area contributed by atoms with Crippen LogP contribution in [0.15, 0.2) is 18.3 Å². The quantitative estimate of drug-likeness (QED) is 0.805. The van der Waals surface area contributed by atoms with Crippen LogP contribution >= 0.6 is 0 Å². The molecule has 0 saturated carbocycles. The van der Waals surface area contributed by atoms with Gasteiger partial charge in [0.05, 0.1) is 6.61 Å². The van der Waals surface area contributed by atoms with Crippen LogP contribution < -0.4 is 10.1 Å². The van der Waals surface area contributed by atoms with E-state index in [4.69, 9.17) is 14.6 Å². The second-order valence-corrected chi connectivity index (χ2v) is 3.76. The first-order valence-electron chi connectivity index (χ1n) is 5.34. The largest absolute Gasteiger partial charge is 0.488 e. The molecule has 0 aromatic carbocycles. The summed E-state index contributed by atoms with van der Waals surface area (Å²) in [5.74, 6) is 0.418. The van der Waals surface area contributed by atoms with E-state index in [1.807, 2.05) is 0 Å². The third-order valence-corrected chi connectivity index (χ3v) is 2.53. The van der Waals surface area contributed by atoms with Crippen molar-refractivity contribution in [1.29, 1.82) is 0 Å². The Morgan fingerprint density at radius 2 is 2.53 bits per heavy atom. The maximum absolute atomic E-state index is 10.7. The van der Waals surface area contributed by atoms with Crippen molar-refractivity contribution < 1.29 is 19.4 Å². The topological polar surface area (TPSA) is 80.7 Å². The molecule has 1 aromatic rings. The average Bonchev–Trinajstić information content (AvgIpc) is 2.78. The third-order valence-electron chi connectivity index (χ3n) is 2.53. The number of rotatable bonds is 4. The molecule has 6 nitrogen and oxygen atoms in total. The van der Waals surface area contributed by atoms with Crippen molar-refractivity contribution in [3.8, 4) is 5.75 Å². The van der Waals surface area contributed by atoms with Crippen LogP contribution in [0.25, 0.3) is 0 Å². The van der Waals surface area contributed by atoms with Crippen LogP contribution in [0.2, 0.25) is 0 Å². The fraction of sp³-hybridized carbons (Fsp3) is 0.455. The lowest BCUT2D eigenvalue weighted by Gasteiger charge is -2.12. The lowest BCUT2D eigenvalue weighted by atomic mass is 10.2. The number of nitrogens with zero attached hydrogens (tertiary/aromatic N) is 1. The Balaban J connectivity index is 1.95. The Kier molecular flexibility index (Phi) is 3.43. The van der Waals surface area contributed by atoms with Gasteiger partial charge < -0.3 is 19.9 Å². The van der Waals surface area contributed by atoms with Crippen LogP contribution in [0.4, 0.5) is 5.82 Å². The number of carboxylic acids is 1. The number of hydrogen-bond donors (Lipinski definition) is 2. The Morgan fingerprint density at radius 3 is 3.18 bits per heavy atom. The van der Waals surface area contributed by atoms with Crippen molar-refractivity contribution in [1.82, 2.24) is 4.98 Å². The minimum atomic E-state index is -0.943. The highest BCUT2D eigenvalue weighted by atomic mass is 16.6. The number of nitrogens with one attached hydrogen (secondary N) is 1. The fourth-order valence-corrected chi connectivity index (χ4v) is 1.67. The lowest BCUT2D eigenvalue weighted by Crippen LogP contribution is -2.20. The van der Waals surface area contributed by atoms with E-state index in [0.717, 1.165) is 0 Å². The summed E-state index contributed by atoms with van der Waals surface area (Å²) in [5, 5.41) is 11.7. The third kappa shape index (κ3) is 2.85. The van der Waals surface area contributed by atoms with Gasteiger partial charge in [-0.1, -0.05) is 0 Å². The molecule has 1 aromatic heterocycles. The number of aromatic nitrogens is 1. The van der Waals surface area contributed by atoms with Gasteiger partial charge in [0, 0.05) is 25.7 Å². The van der Waals surface area contributed by atoms with Gasteiger partial charge in [0.15, 0.2) is 6.10 Å². The molecule has 0 radical (unpaired) electrons. The molecule has 1 fully saturated rings. The molecule has 2 atom stereocenters. The van der Waals surface area contributed by atoms with Gasteiger partial charge in [-0.2, -0.15) is 0 Å². The van der Waals surface area contributed by atoms with Crippen LogP contribution in [0.3, 0.4) is 0 Å². The fourth-order valence-electron chi connectivity index (χ4n) is 1.67. The van der Waals surface area contributed by atoms with E-state index in [0.29, 0.717) is 24.6 Å². The van der Waals surface area contributed by atoms with Crippen LogP contribution in [-0.2, 0) is 9.53 Å². The first kappa shape index (κ1) is 11.7. The molecule has 0 bridgehead atoms. The van der Waals surface area contributed by atoms with Crippen molar-refractivity contribution >= 4 is 11.8 Å². The zero-order valence-corrected chi connectivity index (χ0v) is 9.42. The van der Waals surface area contributed by atoms with Crippen molar-refractivity contribution in [2.75, 3.05) is 19.0 Å². The second kappa shape index (κ2) is 5.01. The summed E-state index contributed by atoms with van der Waals surface area (Å²) in [6.45, 7) is 0.300. The highest BCUT2D eigenvalue weighted by Gasteiger charge is 2.32. The Bertz CT molecular complexity index is 410. The monoisotopic (exact) mass is 238 g/mol. The molecule has 2 rings (SSSR count). The summed E-state index contributed by atoms with van der Waals surface area (Å²) in [6, 6.07) is 3.49. The van der Waals surface area contributed by atoms with Gasteiger partial charge in [-0.25, -0.2) is 9.78 Å². The summed E-state index contributed by atoms with van der Waals surface area (Å²) in [5.41, 5.74) is 0. The molecule has 0 spiro atoms. The summed E-state index contributed by atoms with van der Waals surface area (Å²) in [4.78, 5) is 14.8. The molecule has 6 heteroatoms. The summed E-state index contributed by atoms with van der Waals surface area (Å²) in [6.07, 6.45) is 1.02. The number of aliphatic carboxylic acids is 1. The maximum atomic E-state index is 10.7. The van der Waals surface area contributed by atoms with Gasteiger partial charge in [-0.15, -0.1) is 0 Å². The molecule has 17 heavy (non-hydrogen) atoms.